The van der Waals surface area contributed by atoms with E-state index in [1.54, 1.807) is 7.11 Å². The van der Waals surface area contributed by atoms with Gasteiger partial charge in [-0.25, -0.2) is 0 Å². The molecule has 1 aromatic rings. The number of amides is 1. The minimum absolute atomic E-state index is 0.0454. The molecule has 0 saturated carbocycles. The van der Waals surface area contributed by atoms with Crippen LogP contribution < -0.4 is 10.1 Å². The fraction of sp³-hybridized carbons (Fsp3) is 0.583. The number of carbonyl (C=O) groups is 1. The van der Waals surface area contributed by atoms with Gasteiger partial charge in [0.25, 0.3) is 5.91 Å². The van der Waals surface area contributed by atoms with Gasteiger partial charge in [-0.1, -0.05) is 6.92 Å². The molecule has 0 aliphatic heterocycles. The fourth-order valence-electron chi connectivity index (χ4n) is 1.45. The van der Waals surface area contributed by atoms with Gasteiger partial charge < -0.3 is 14.8 Å². The Morgan fingerprint density at radius 3 is 2.88 bits per heavy atom. The summed E-state index contributed by atoms with van der Waals surface area (Å²) < 4.78 is 10.4. The predicted octanol–water partition coefficient (Wildman–Crippen LogP) is 2.30. The van der Waals surface area contributed by atoms with Gasteiger partial charge in [-0.2, -0.15) is 0 Å². The van der Waals surface area contributed by atoms with Crippen LogP contribution in [0.4, 0.5) is 0 Å². The highest BCUT2D eigenvalue weighted by Crippen LogP contribution is 2.24. The Hall–Kier alpha value is -1.07. The van der Waals surface area contributed by atoms with Gasteiger partial charge in [0.1, 0.15) is 10.6 Å². The summed E-state index contributed by atoms with van der Waals surface area (Å²) >= 11 is 1.39. The van der Waals surface area contributed by atoms with Gasteiger partial charge in [0.15, 0.2) is 0 Å². The van der Waals surface area contributed by atoms with Crippen molar-refractivity contribution >= 4 is 17.2 Å². The van der Waals surface area contributed by atoms with Crippen LogP contribution in [0.15, 0.2) is 11.4 Å². The Bertz CT molecular complexity index is 351. The lowest BCUT2D eigenvalue weighted by molar-refractivity contribution is 0.0895. The average molecular weight is 257 g/mol. The van der Waals surface area contributed by atoms with Crippen LogP contribution in [0.25, 0.3) is 0 Å². The summed E-state index contributed by atoms with van der Waals surface area (Å²) in [5.74, 6) is 0.564. The molecule has 1 aromatic heterocycles. The van der Waals surface area contributed by atoms with E-state index in [9.17, 15) is 4.79 Å². The molecule has 5 heteroatoms. The van der Waals surface area contributed by atoms with Gasteiger partial charge in [0, 0.05) is 7.11 Å². The molecule has 0 bridgehead atoms. The Morgan fingerprint density at radius 1 is 1.53 bits per heavy atom. The molecule has 1 unspecified atom stereocenters. The van der Waals surface area contributed by atoms with E-state index < -0.39 is 0 Å². The molecule has 4 nitrogen and oxygen atoms in total. The molecule has 1 N–H and O–H groups in total. The van der Waals surface area contributed by atoms with Gasteiger partial charge in [0.2, 0.25) is 0 Å². The van der Waals surface area contributed by atoms with Crippen molar-refractivity contribution in [1.82, 2.24) is 5.32 Å². The van der Waals surface area contributed by atoms with Crippen molar-refractivity contribution in [2.75, 3.05) is 20.3 Å². The predicted molar refractivity (Wildman–Crippen MR) is 68.9 cm³/mol. The minimum Gasteiger partial charge on any atom is -0.492 e. The van der Waals surface area contributed by atoms with Gasteiger partial charge in [-0.15, -0.1) is 11.3 Å². The van der Waals surface area contributed by atoms with E-state index in [1.807, 2.05) is 25.3 Å². The smallest absolute Gasteiger partial charge is 0.265 e. The number of nitrogens with one attached hydrogen (secondary N) is 1. The van der Waals surface area contributed by atoms with Crippen molar-refractivity contribution in [3.8, 4) is 5.75 Å². The Kier molecular flexibility index (Phi) is 6.00. The SMILES string of the molecule is CCOc1ccsc1C(=O)NC(CC)COC. The Labute approximate surface area is 106 Å². The first-order chi connectivity index (χ1) is 8.22. The third-order valence-corrected chi connectivity index (χ3v) is 3.23. The van der Waals surface area contributed by atoms with Gasteiger partial charge in [-0.3, -0.25) is 4.79 Å². The first-order valence-corrected chi connectivity index (χ1v) is 6.60. The van der Waals surface area contributed by atoms with Crippen LogP contribution in [0.1, 0.15) is 29.9 Å². The molecular formula is C12H19NO3S. The van der Waals surface area contributed by atoms with Crippen LogP contribution in [0, 0.1) is 0 Å². The molecule has 1 heterocycles. The third kappa shape index (κ3) is 4.02. The van der Waals surface area contributed by atoms with Crippen molar-refractivity contribution in [3.05, 3.63) is 16.3 Å². The lowest BCUT2D eigenvalue weighted by Gasteiger charge is -2.15. The summed E-state index contributed by atoms with van der Waals surface area (Å²) in [6.07, 6.45) is 0.842. The van der Waals surface area contributed by atoms with Crippen molar-refractivity contribution in [2.24, 2.45) is 0 Å². The maximum atomic E-state index is 12.0. The van der Waals surface area contributed by atoms with E-state index in [4.69, 9.17) is 9.47 Å². The second-order valence-corrected chi connectivity index (χ2v) is 4.50. The second-order valence-electron chi connectivity index (χ2n) is 3.58. The highest BCUT2D eigenvalue weighted by Gasteiger charge is 2.17. The number of rotatable bonds is 7. The van der Waals surface area contributed by atoms with Crippen molar-refractivity contribution in [1.29, 1.82) is 0 Å². The van der Waals surface area contributed by atoms with E-state index in [0.29, 0.717) is 23.8 Å². The summed E-state index contributed by atoms with van der Waals surface area (Å²) in [5, 5.41) is 4.79. The Balaban J connectivity index is 2.64. The number of ether oxygens (including phenoxy) is 2. The molecule has 1 amide bonds. The first-order valence-electron chi connectivity index (χ1n) is 5.73. The maximum Gasteiger partial charge on any atom is 0.265 e. The number of hydrogen-bond acceptors (Lipinski definition) is 4. The first kappa shape index (κ1) is 14.0. The normalized spacial score (nSPS) is 12.2. The number of hydrogen-bond donors (Lipinski definition) is 1. The molecule has 1 atom stereocenters. The fourth-order valence-corrected chi connectivity index (χ4v) is 2.18. The molecule has 0 aliphatic rings. The second kappa shape index (κ2) is 7.29. The van der Waals surface area contributed by atoms with Crippen LogP contribution >= 0.6 is 11.3 Å². The van der Waals surface area contributed by atoms with E-state index >= 15 is 0 Å². The monoisotopic (exact) mass is 257 g/mol. The van der Waals surface area contributed by atoms with Crippen LogP contribution in [0.5, 0.6) is 5.75 Å². The number of thiophene rings is 1. The summed E-state index contributed by atoms with van der Waals surface area (Å²) in [7, 11) is 1.63. The zero-order chi connectivity index (χ0) is 12.7. The molecule has 17 heavy (non-hydrogen) atoms. The standard InChI is InChI=1S/C12H19NO3S/c1-4-9(8-15-3)13-12(14)11-10(16-5-2)6-7-17-11/h6-7,9H,4-5,8H2,1-3H3,(H,13,14). The zero-order valence-corrected chi connectivity index (χ0v) is 11.3. The summed E-state index contributed by atoms with van der Waals surface area (Å²) in [5.41, 5.74) is 0. The quantitative estimate of drug-likeness (QED) is 0.815. The van der Waals surface area contributed by atoms with Gasteiger partial charge in [-0.05, 0) is 24.8 Å². The molecule has 96 valence electrons. The van der Waals surface area contributed by atoms with Crippen molar-refractivity contribution < 1.29 is 14.3 Å². The minimum atomic E-state index is -0.0904. The molecule has 0 aromatic carbocycles. The van der Waals surface area contributed by atoms with Crippen molar-refractivity contribution in [2.45, 2.75) is 26.3 Å². The van der Waals surface area contributed by atoms with Crippen LogP contribution in [-0.4, -0.2) is 32.3 Å². The molecule has 1 rings (SSSR count). The molecule has 0 radical (unpaired) electrons. The van der Waals surface area contributed by atoms with E-state index in [1.165, 1.54) is 11.3 Å². The largest absolute Gasteiger partial charge is 0.492 e. The molecule has 0 aliphatic carbocycles. The van der Waals surface area contributed by atoms with Crippen LogP contribution in [0.2, 0.25) is 0 Å². The van der Waals surface area contributed by atoms with E-state index in [-0.39, 0.29) is 11.9 Å². The lowest BCUT2D eigenvalue weighted by Crippen LogP contribution is -2.37. The van der Waals surface area contributed by atoms with Crippen LogP contribution in [0.3, 0.4) is 0 Å². The van der Waals surface area contributed by atoms with Crippen LogP contribution in [-0.2, 0) is 4.74 Å². The Morgan fingerprint density at radius 2 is 2.29 bits per heavy atom. The molecule has 0 fully saturated rings. The molecular weight excluding hydrogens is 238 g/mol. The number of carbonyl (C=O) groups excluding carboxylic acids is 1. The summed E-state index contributed by atoms with van der Waals surface area (Å²) in [6.45, 7) is 5.00. The van der Waals surface area contributed by atoms with Gasteiger partial charge >= 0.3 is 0 Å². The lowest BCUT2D eigenvalue weighted by atomic mass is 10.2. The third-order valence-electron chi connectivity index (χ3n) is 2.33. The highest BCUT2D eigenvalue weighted by molar-refractivity contribution is 7.12. The summed E-state index contributed by atoms with van der Waals surface area (Å²) in [6, 6.07) is 1.87. The van der Waals surface area contributed by atoms with Crippen molar-refractivity contribution in [3.63, 3.8) is 0 Å². The van der Waals surface area contributed by atoms with E-state index in [0.717, 1.165) is 6.42 Å². The molecule has 0 spiro atoms. The average Bonchev–Trinajstić information content (AvgIpc) is 2.77. The zero-order valence-electron chi connectivity index (χ0n) is 10.5. The topological polar surface area (TPSA) is 47.6 Å². The van der Waals surface area contributed by atoms with Gasteiger partial charge in [0.05, 0.1) is 19.3 Å². The molecule has 0 saturated heterocycles. The maximum absolute atomic E-state index is 12.0. The summed E-state index contributed by atoms with van der Waals surface area (Å²) in [4.78, 5) is 12.6. The van der Waals surface area contributed by atoms with E-state index in [2.05, 4.69) is 5.32 Å². The number of methoxy groups -OCH3 is 1. The highest BCUT2D eigenvalue weighted by atomic mass is 32.1.